The Morgan fingerprint density at radius 3 is 2.25 bits per heavy atom. The summed E-state index contributed by atoms with van der Waals surface area (Å²) in [5.74, 6) is -0.293. The first-order valence-corrected chi connectivity index (χ1v) is 8.61. The third-order valence-corrected chi connectivity index (χ3v) is 4.84. The number of likely N-dealkylation sites (tertiary alicyclic amines) is 1. The molecule has 2 heterocycles. The van der Waals surface area contributed by atoms with Crippen LogP contribution in [0.2, 0.25) is 0 Å². The van der Waals surface area contributed by atoms with Crippen molar-refractivity contribution < 1.29 is 9.59 Å². The number of amides is 2. The van der Waals surface area contributed by atoms with Gasteiger partial charge in [0.15, 0.2) is 0 Å². The highest BCUT2D eigenvalue weighted by Crippen LogP contribution is 2.18. The fraction of sp³-hybridized carbons (Fsp3) is 0.474. The SMILES string of the molecule is C=C1CC(=O)N(CCCN2CCN(c3ccc(C)cc3)CC2)C1=O. The minimum atomic E-state index is -0.191. The van der Waals surface area contributed by atoms with E-state index in [4.69, 9.17) is 0 Å². The Morgan fingerprint density at radius 2 is 1.67 bits per heavy atom. The van der Waals surface area contributed by atoms with Crippen LogP contribution < -0.4 is 4.90 Å². The molecule has 24 heavy (non-hydrogen) atoms. The van der Waals surface area contributed by atoms with Crippen molar-refractivity contribution in [2.75, 3.05) is 44.2 Å². The maximum atomic E-state index is 11.8. The van der Waals surface area contributed by atoms with Gasteiger partial charge in [0, 0.05) is 44.0 Å². The first kappa shape index (κ1) is 16.7. The van der Waals surface area contributed by atoms with E-state index in [1.807, 2.05) is 0 Å². The summed E-state index contributed by atoms with van der Waals surface area (Å²) in [5.41, 5.74) is 2.99. The van der Waals surface area contributed by atoms with E-state index in [2.05, 4.69) is 47.6 Å². The van der Waals surface area contributed by atoms with Gasteiger partial charge in [-0.25, -0.2) is 0 Å². The summed E-state index contributed by atoms with van der Waals surface area (Å²) in [6, 6.07) is 8.67. The van der Waals surface area contributed by atoms with Gasteiger partial charge in [-0.05, 0) is 32.0 Å². The van der Waals surface area contributed by atoms with Crippen molar-refractivity contribution in [2.45, 2.75) is 19.8 Å². The molecule has 2 saturated heterocycles. The number of imide groups is 1. The van der Waals surface area contributed by atoms with Crippen LogP contribution in [-0.4, -0.2) is 60.9 Å². The fourth-order valence-corrected chi connectivity index (χ4v) is 3.32. The Morgan fingerprint density at radius 1 is 1.00 bits per heavy atom. The molecule has 0 N–H and O–H groups in total. The third kappa shape index (κ3) is 3.67. The van der Waals surface area contributed by atoms with E-state index in [0.29, 0.717) is 12.1 Å². The number of rotatable bonds is 5. The van der Waals surface area contributed by atoms with Crippen molar-refractivity contribution in [1.82, 2.24) is 9.80 Å². The minimum absolute atomic E-state index is 0.103. The highest BCUT2D eigenvalue weighted by molar-refractivity contribution is 6.12. The molecule has 2 fully saturated rings. The molecule has 1 aromatic carbocycles. The van der Waals surface area contributed by atoms with Gasteiger partial charge in [0.1, 0.15) is 0 Å². The van der Waals surface area contributed by atoms with Gasteiger partial charge in [0.25, 0.3) is 5.91 Å². The van der Waals surface area contributed by atoms with Gasteiger partial charge in [-0.3, -0.25) is 19.4 Å². The van der Waals surface area contributed by atoms with Gasteiger partial charge in [0.2, 0.25) is 5.91 Å². The molecule has 5 heteroatoms. The van der Waals surface area contributed by atoms with Gasteiger partial charge in [-0.15, -0.1) is 0 Å². The molecule has 0 bridgehead atoms. The van der Waals surface area contributed by atoms with Crippen molar-refractivity contribution in [2.24, 2.45) is 0 Å². The number of carbonyl (C=O) groups is 2. The summed E-state index contributed by atoms with van der Waals surface area (Å²) < 4.78 is 0. The molecule has 1 aromatic rings. The van der Waals surface area contributed by atoms with Crippen LogP contribution in [0.25, 0.3) is 0 Å². The predicted molar refractivity (Wildman–Crippen MR) is 94.9 cm³/mol. The molecule has 0 saturated carbocycles. The highest BCUT2D eigenvalue weighted by atomic mass is 16.2. The lowest BCUT2D eigenvalue weighted by Gasteiger charge is -2.36. The number of hydrogen-bond acceptors (Lipinski definition) is 4. The molecule has 0 atom stereocenters. The van der Waals surface area contributed by atoms with E-state index in [-0.39, 0.29) is 18.2 Å². The van der Waals surface area contributed by atoms with Crippen molar-refractivity contribution >= 4 is 17.5 Å². The van der Waals surface area contributed by atoms with E-state index in [1.165, 1.54) is 16.2 Å². The molecule has 0 spiro atoms. The Labute approximate surface area is 143 Å². The summed E-state index contributed by atoms with van der Waals surface area (Å²) >= 11 is 0. The fourth-order valence-electron chi connectivity index (χ4n) is 3.32. The van der Waals surface area contributed by atoms with Crippen molar-refractivity contribution in [3.8, 4) is 0 Å². The van der Waals surface area contributed by atoms with E-state index in [9.17, 15) is 9.59 Å². The molecule has 128 valence electrons. The van der Waals surface area contributed by atoms with Crippen molar-refractivity contribution in [3.63, 3.8) is 0 Å². The van der Waals surface area contributed by atoms with Gasteiger partial charge in [-0.1, -0.05) is 24.3 Å². The van der Waals surface area contributed by atoms with Crippen LogP contribution in [0, 0.1) is 6.92 Å². The average Bonchev–Trinajstić information content (AvgIpc) is 2.82. The summed E-state index contributed by atoms with van der Waals surface area (Å²) in [4.78, 5) is 29.7. The van der Waals surface area contributed by atoms with Crippen molar-refractivity contribution in [3.05, 3.63) is 42.0 Å². The summed E-state index contributed by atoms with van der Waals surface area (Å²) in [7, 11) is 0. The van der Waals surface area contributed by atoms with Gasteiger partial charge in [-0.2, -0.15) is 0 Å². The summed E-state index contributed by atoms with van der Waals surface area (Å²) in [6.07, 6.45) is 1.02. The average molecular weight is 327 g/mol. The van der Waals surface area contributed by atoms with Crippen molar-refractivity contribution in [1.29, 1.82) is 0 Å². The second-order valence-electron chi connectivity index (χ2n) is 6.65. The van der Waals surface area contributed by atoms with Crippen LogP contribution in [0.5, 0.6) is 0 Å². The Kier molecular flexibility index (Phi) is 5.00. The Balaban J connectivity index is 1.41. The molecule has 0 radical (unpaired) electrons. The molecule has 5 nitrogen and oxygen atoms in total. The molecule has 0 unspecified atom stereocenters. The normalized spacial score (nSPS) is 19.5. The summed E-state index contributed by atoms with van der Waals surface area (Å²) in [5, 5.41) is 0. The molecule has 2 aliphatic rings. The molecule has 3 rings (SSSR count). The van der Waals surface area contributed by atoms with Crippen LogP contribution in [0.4, 0.5) is 5.69 Å². The van der Waals surface area contributed by atoms with Crippen LogP contribution in [0.3, 0.4) is 0 Å². The van der Waals surface area contributed by atoms with Crippen LogP contribution in [0.15, 0.2) is 36.4 Å². The van der Waals surface area contributed by atoms with E-state index < -0.39 is 0 Å². The first-order valence-electron chi connectivity index (χ1n) is 8.61. The number of carbonyl (C=O) groups excluding carboxylic acids is 2. The smallest absolute Gasteiger partial charge is 0.256 e. The topological polar surface area (TPSA) is 43.9 Å². The highest BCUT2D eigenvalue weighted by Gasteiger charge is 2.31. The molecular weight excluding hydrogens is 302 g/mol. The number of benzene rings is 1. The lowest BCUT2D eigenvalue weighted by atomic mass is 10.2. The van der Waals surface area contributed by atoms with E-state index >= 15 is 0 Å². The maximum absolute atomic E-state index is 11.8. The number of aryl methyl sites for hydroxylation is 1. The molecule has 2 aliphatic heterocycles. The predicted octanol–water partition coefficient (Wildman–Crippen LogP) is 1.82. The lowest BCUT2D eigenvalue weighted by molar-refractivity contribution is -0.137. The maximum Gasteiger partial charge on any atom is 0.256 e. The van der Waals surface area contributed by atoms with Gasteiger partial charge in [0.05, 0.1) is 6.42 Å². The molecule has 0 aliphatic carbocycles. The first-order chi connectivity index (χ1) is 11.5. The zero-order valence-electron chi connectivity index (χ0n) is 14.3. The van der Waals surface area contributed by atoms with Crippen LogP contribution >= 0.6 is 0 Å². The standard InChI is InChI=1S/C19H25N3O2/c1-15-4-6-17(7-5-15)21-12-10-20(11-13-21)8-3-9-22-18(23)14-16(2)19(22)24/h4-7H,2-3,8-14H2,1H3. The van der Waals surface area contributed by atoms with Gasteiger partial charge < -0.3 is 4.90 Å². The zero-order valence-corrected chi connectivity index (χ0v) is 14.3. The number of nitrogens with zero attached hydrogens (tertiary/aromatic N) is 3. The third-order valence-electron chi connectivity index (χ3n) is 4.84. The zero-order chi connectivity index (χ0) is 17.1. The monoisotopic (exact) mass is 327 g/mol. The molecular formula is C19H25N3O2. The number of hydrogen-bond donors (Lipinski definition) is 0. The second kappa shape index (κ2) is 7.18. The van der Waals surface area contributed by atoms with Crippen LogP contribution in [-0.2, 0) is 9.59 Å². The largest absolute Gasteiger partial charge is 0.369 e. The Bertz CT molecular complexity index is 631. The lowest BCUT2D eigenvalue weighted by Crippen LogP contribution is -2.47. The minimum Gasteiger partial charge on any atom is -0.369 e. The van der Waals surface area contributed by atoms with Gasteiger partial charge >= 0.3 is 0 Å². The number of piperazine rings is 1. The molecule has 2 amide bonds. The second-order valence-corrected chi connectivity index (χ2v) is 6.65. The van der Waals surface area contributed by atoms with E-state index in [1.54, 1.807) is 0 Å². The molecule has 0 aromatic heterocycles. The van der Waals surface area contributed by atoms with E-state index in [0.717, 1.165) is 39.1 Å². The number of anilines is 1. The summed E-state index contributed by atoms with van der Waals surface area (Å²) in [6.45, 7) is 11.2. The quantitative estimate of drug-likeness (QED) is 0.611. The van der Waals surface area contributed by atoms with Crippen LogP contribution in [0.1, 0.15) is 18.4 Å². The Hall–Kier alpha value is -2.14.